The van der Waals surface area contributed by atoms with Gasteiger partial charge in [-0.05, 0) is 24.3 Å². The van der Waals surface area contributed by atoms with Crippen molar-refractivity contribution >= 4 is 29.2 Å². The minimum absolute atomic E-state index is 0.0709. The molecular formula is C18H18N4O6. The number of nitro benzene ring substituents is 1. The number of nitrogens with one attached hydrogen (secondary N) is 2. The molecule has 28 heavy (non-hydrogen) atoms. The summed E-state index contributed by atoms with van der Waals surface area (Å²) in [6.45, 7) is -0.670. The Morgan fingerprint density at radius 1 is 1.04 bits per heavy atom. The Morgan fingerprint density at radius 2 is 1.71 bits per heavy atom. The van der Waals surface area contributed by atoms with Gasteiger partial charge in [0.2, 0.25) is 0 Å². The van der Waals surface area contributed by atoms with Crippen molar-refractivity contribution in [1.82, 2.24) is 10.9 Å². The highest BCUT2D eigenvalue weighted by Gasteiger charge is 2.20. The normalized spacial score (nSPS) is 9.93. The molecule has 0 bridgehead atoms. The van der Waals surface area contributed by atoms with Crippen LogP contribution in [0, 0.1) is 10.1 Å². The van der Waals surface area contributed by atoms with E-state index in [0.29, 0.717) is 11.3 Å². The van der Waals surface area contributed by atoms with E-state index in [1.54, 1.807) is 44.4 Å². The molecule has 2 rings (SSSR count). The zero-order valence-corrected chi connectivity index (χ0v) is 15.2. The second-order valence-electron chi connectivity index (χ2n) is 5.80. The lowest BCUT2D eigenvalue weighted by molar-refractivity contribution is -0.384. The summed E-state index contributed by atoms with van der Waals surface area (Å²) in [5.41, 5.74) is 4.62. The van der Waals surface area contributed by atoms with Gasteiger partial charge in [0.25, 0.3) is 17.5 Å². The van der Waals surface area contributed by atoms with Crippen LogP contribution in [0.1, 0.15) is 20.7 Å². The molecule has 0 saturated heterocycles. The molecular weight excluding hydrogens is 368 g/mol. The number of carbonyl (C=O) groups is 3. The molecule has 0 saturated carbocycles. The lowest BCUT2D eigenvalue weighted by Crippen LogP contribution is -2.43. The first-order valence-corrected chi connectivity index (χ1v) is 8.06. The fourth-order valence-electron chi connectivity index (χ4n) is 2.21. The van der Waals surface area contributed by atoms with Crippen LogP contribution < -0.4 is 15.8 Å². The number of ether oxygens (including phenoxy) is 1. The van der Waals surface area contributed by atoms with Crippen LogP contribution in [-0.2, 0) is 9.53 Å². The maximum Gasteiger partial charge on any atom is 0.338 e. The summed E-state index contributed by atoms with van der Waals surface area (Å²) >= 11 is 0. The Morgan fingerprint density at radius 3 is 2.32 bits per heavy atom. The average Bonchev–Trinajstić information content (AvgIpc) is 2.70. The Balaban J connectivity index is 1.91. The monoisotopic (exact) mass is 386 g/mol. The highest BCUT2D eigenvalue weighted by atomic mass is 16.6. The summed E-state index contributed by atoms with van der Waals surface area (Å²) in [6, 6.07) is 12.0. The van der Waals surface area contributed by atoms with Gasteiger partial charge in [-0.1, -0.05) is 18.2 Å². The first-order chi connectivity index (χ1) is 13.3. The van der Waals surface area contributed by atoms with Crippen LogP contribution in [0.25, 0.3) is 0 Å². The Kier molecular flexibility index (Phi) is 6.63. The topological polar surface area (TPSA) is 131 Å². The first-order valence-electron chi connectivity index (χ1n) is 8.06. The van der Waals surface area contributed by atoms with Crippen molar-refractivity contribution in [3.8, 4) is 0 Å². The Hall–Kier alpha value is -3.95. The van der Waals surface area contributed by atoms with Gasteiger partial charge in [-0.25, -0.2) is 4.79 Å². The van der Waals surface area contributed by atoms with Crippen molar-refractivity contribution < 1.29 is 24.0 Å². The van der Waals surface area contributed by atoms with Crippen LogP contribution in [0.2, 0.25) is 0 Å². The largest absolute Gasteiger partial charge is 0.452 e. The zero-order chi connectivity index (χ0) is 20.7. The van der Waals surface area contributed by atoms with Gasteiger partial charge in [0.05, 0.1) is 10.5 Å². The van der Waals surface area contributed by atoms with E-state index in [0.717, 1.165) is 6.07 Å². The third kappa shape index (κ3) is 5.27. The molecule has 2 N–H and O–H groups in total. The van der Waals surface area contributed by atoms with Crippen molar-refractivity contribution in [2.75, 3.05) is 25.6 Å². The van der Waals surface area contributed by atoms with Gasteiger partial charge in [-0.3, -0.25) is 30.6 Å². The summed E-state index contributed by atoms with van der Waals surface area (Å²) < 4.78 is 4.82. The molecule has 0 atom stereocenters. The minimum Gasteiger partial charge on any atom is -0.452 e. The standard InChI is InChI=1S/C18H18N4O6/c1-21(2)14-9-8-13(10-15(14)22(26)27)18(25)28-11-16(23)19-20-17(24)12-6-4-3-5-7-12/h3-10H,11H2,1-2H3,(H,19,23)(H,20,24). The Labute approximate surface area is 160 Å². The maximum atomic E-state index is 12.0. The van der Waals surface area contributed by atoms with E-state index >= 15 is 0 Å². The number of esters is 1. The Bertz CT molecular complexity index is 898. The smallest absolute Gasteiger partial charge is 0.338 e. The van der Waals surface area contributed by atoms with Gasteiger partial charge >= 0.3 is 5.97 Å². The van der Waals surface area contributed by atoms with Gasteiger partial charge in [-0.15, -0.1) is 0 Å². The average molecular weight is 386 g/mol. The number of hydrogen-bond donors (Lipinski definition) is 2. The van der Waals surface area contributed by atoms with E-state index in [1.165, 1.54) is 17.0 Å². The van der Waals surface area contributed by atoms with E-state index < -0.39 is 29.3 Å². The van der Waals surface area contributed by atoms with E-state index in [2.05, 4.69) is 10.9 Å². The third-order valence-electron chi connectivity index (χ3n) is 3.58. The predicted octanol–water partition coefficient (Wildman–Crippen LogP) is 1.28. The molecule has 0 radical (unpaired) electrons. The zero-order valence-electron chi connectivity index (χ0n) is 15.2. The molecule has 0 fully saturated rings. The molecule has 10 nitrogen and oxygen atoms in total. The molecule has 0 aromatic heterocycles. The molecule has 10 heteroatoms. The number of amides is 2. The predicted molar refractivity (Wildman–Crippen MR) is 99.8 cm³/mol. The number of hydrogen-bond acceptors (Lipinski definition) is 7. The summed E-state index contributed by atoms with van der Waals surface area (Å²) in [6.07, 6.45) is 0. The van der Waals surface area contributed by atoms with E-state index in [9.17, 15) is 24.5 Å². The van der Waals surface area contributed by atoms with Gasteiger partial charge in [0, 0.05) is 25.7 Å². The number of benzene rings is 2. The third-order valence-corrected chi connectivity index (χ3v) is 3.58. The summed E-state index contributed by atoms with van der Waals surface area (Å²) in [4.78, 5) is 47.6. The van der Waals surface area contributed by atoms with Crippen LogP contribution in [0.5, 0.6) is 0 Å². The van der Waals surface area contributed by atoms with Gasteiger partial charge in [0.15, 0.2) is 6.61 Å². The molecule has 0 aliphatic heterocycles. The van der Waals surface area contributed by atoms with Crippen LogP contribution in [-0.4, -0.2) is 43.4 Å². The van der Waals surface area contributed by atoms with Crippen molar-refractivity contribution in [3.63, 3.8) is 0 Å². The number of carbonyl (C=O) groups excluding carboxylic acids is 3. The number of rotatable bonds is 6. The highest BCUT2D eigenvalue weighted by Crippen LogP contribution is 2.27. The van der Waals surface area contributed by atoms with Gasteiger partial charge in [-0.2, -0.15) is 0 Å². The van der Waals surface area contributed by atoms with Crippen molar-refractivity contribution in [2.24, 2.45) is 0 Å². The highest BCUT2D eigenvalue weighted by molar-refractivity contribution is 5.96. The van der Waals surface area contributed by atoms with Crippen LogP contribution in [0.3, 0.4) is 0 Å². The van der Waals surface area contributed by atoms with Crippen molar-refractivity contribution in [1.29, 1.82) is 0 Å². The lowest BCUT2D eigenvalue weighted by Gasteiger charge is -2.13. The van der Waals surface area contributed by atoms with Gasteiger partial charge < -0.3 is 9.64 Å². The van der Waals surface area contributed by atoms with Crippen LogP contribution >= 0.6 is 0 Å². The van der Waals surface area contributed by atoms with Crippen LogP contribution in [0.15, 0.2) is 48.5 Å². The number of hydrazine groups is 1. The second-order valence-corrected chi connectivity index (χ2v) is 5.80. The minimum atomic E-state index is -0.905. The lowest BCUT2D eigenvalue weighted by atomic mass is 10.1. The maximum absolute atomic E-state index is 12.0. The molecule has 146 valence electrons. The first kappa shape index (κ1) is 20.4. The van der Waals surface area contributed by atoms with E-state index in [1.807, 2.05) is 0 Å². The molecule has 2 amide bonds. The fraction of sp³-hybridized carbons (Fsp3) is 0.167. The summed E-state index contributed by atoms with van der Waals surface area (Å²) in [7, 11) is 3.27. The SMILES string of the molecule is CN(C)c1ccc(C(=O)OCC(=O)NNC(=O)c2ccccc2)cc1[N+](=O)[O-]. The van der Waals surface area contributed by atoms with E-state index in [4.69, 9.17) is 4.74 Å². The van der Waals surface area contributed by atoms with E-state index in [-0.39, 0.29) is 11.3 Å². The summed E-state index contributed by atoms with van der Waals surface area (Å²) in [5.74, 6) is -2.20. The van der Waals surface area contributed by atoms with Gasteiger partial charge in [0.1, 0.15) is 5.69 Å². The molecule has 2 aromatic carbocycles. The fourth-order valence-corrected chi connectivity index (χ4v) is 2.21. The molecule has 0 unspecified atom stereocenters. The second kappa shape index (κ2) is 9.12. The number of nitro groups is 1. The molecule has 2 aromatic rings. The molecule has 0 spiro atoms. The quantitative estimate of drug-likeness (QED) is 0.434. The molecule has 0 aliphatic rings. The van der Waals surface area contributed by atoms with Crippen molar-refractivity contribution in [2.45, 2.75) is 0 Å². The molecule has 0 aliphatic carbocycles. The summed E-state index contributed by atoms with van der Waals surface area (Å²) in [5, 5.41) is 11.2. The van der Waals surface area contributed by atoms with Crippen LogP contribution in [0.4, 0.5) is 11.4 Å². The molecule has 0 heterocycles. The van der Waals surface area contributed by atoms with Crippen molar-refractivity contribution in [3.05, 3.63) is 69.8 Å². The number of nitrogens with zero attached hydrogens (tertiary/aromatic N) is 2. The number of anilines is 1.